The molecule has 9 heteroatoms. The van der Waals surface area contributed by atoms with Gasteiger partial charge in [-0.2, -0.15) is 23.1 Å². The Hall–Kier alpha value is -3.46. The van der Waals surface area contributed by atoms with Gasteiger partial charge in [-0.15, -0.1) is 0 Å². The first kappa shape index (κ1) is 23.0. The third kappa shape index (κ3) is 4.32. The number of halogens is 3. The van der Waals surface area contributed by atoms with Crippen LogP contribution in [0.15, 0.2) is 54.7 Å². The molecule has 36 heavy (non-hydrogen) atoms. The zero-order valence-corrected chi connectivity index (χ0v) is 19.6. The lowest BCUT2D eigenvalue weighted by molar-refractivity contribution is -0.153. The normalized spacial score (nSPS) is 17.5. The van der Waals surface area contributed by atoms with Crippen LogP contribution >= 0.6 is 0 Å². The van der Waals surface area contributed by atoms with Crippen molar-refractivity contribution in [3.05, 3.63) is 54.7 Å². The summed E-state index contributed by atoms with van der Waals surface area (Å²) in [6, 6.07) is 15.7. The second-order valence-electron chi connectivity index (χ2n) is 9.54. The van der Waals surface area contributed by atoms with Gasteiger partial charge in [0.05, 0.1) is 22.1 Å². The van der Waals surface area contributed by atoms with E-state index in [2.05, 4.69) is 19.9 Å². The molecule has 2 aromatic heterocycles. The lowest BCUT2D eigenvalue weighted by atomic mass is 9.95. The average molecular weight is 495 g/mol. The van der Waals surface area contributed by atoms with E-state index in [1.165, 1.54) is 6.20 Å². The Bertz CT molecular complexity index is 1410. The monoisotopic (exact) mass is 494 g/mol. The van der Waals surface area contributed by atoms with E-state index in [1.807, 2.05) is 42.5 Å². The van der Waals surface area contributed by atoms with Crippen molar-refractivity contribution in [3.8, 4) is 23.1 Å². The first-order valence-electron chi connectivity index (χ1n) is 12.1. The van der Waals surface area contributed by atoms with E-state index in [0.717, 1.165) is 55.1 Å². The highest BCUT2D eigenvalue weighted by Gasteiger charge is 2.45. The Labute approximate surface area is 206 Å². The number of rotatable bonds is 6. The van der Waals surface area contributed by atoms with Crippen LogP contribution in [0.4, 0.5) is 13.2 Å². The van der Waals surface area contributed by atoms with E-state index in [1.54, 1.807) is 6.07 Å². The highest BCUT2D eigenvalue weighted by Crippen LogP contribution is 2.39. The first-order valence-corrected chi connectivity index (χ1v) is 12.1. The molecule has 0 atom stereocenters. The van der Waals surface area contributed by atoms with E-state index in [0.29, 0.717) is 23.2 Å². The first-order chi connectivity index (χ1) is 17.4. The Morgan fingerprint density at radius 2 is 1.69 bits per heavy atom. The summed E-state index contributed by atoms with van der Waals surface area (Å²) >= 11 is 0. The van der Waals surface area contributed by atoms with Crippen LogP contribution in [0.25, 0.3) is 32.9 Å². The summed E-state index contributed by atoms with van der Waals surface area (Å²) in [7, 11) is 0. The molecule has 2 aliphatic heterocycles. The van der Waals surface area contributed by atoms with Crippen LogP contribution in [0.5, 0.6) is 11.9 Å². The average Bonchev–Trinajstić information content (AvgIpc) is 3.45. The van der Waals surface area contributed by atoms with Crippen molar-refractivity contribution in [2.24, 2.45) is 0 Å². The molecule has 2 saturated heterocycles. The van der Waals surface area contributed by atoms with Gasteiger partial charge in [0, 0.05) is 11.8 Å². The lowest BCUT2D eigenvalue weighted by Gasteiger charge is -2.31. The maximum atomic E-state index is 13.0. The molecule has 2 aliphatic rings. The molecule has 0 unspecified atom stereocenters. The maximum absolute atomic E-state index is 13.0. The third-order valence-electron chi connectivity index (χ3n) is 7.25. The summed E-state index contributed by atoms with van der Waals surface area (Å²) in [5.41, 5.74) is 1.93. The molecule has 0 N–H and O–H groups in total. The zero-order valence-electron chi connectivity index (χ0n) is 19.6. The van der Waals surface area contributed by atoms with Crippen molar-refractivity contribution < 1.29 is 22.6 Å². The third-order valence-corrected chi connectivity index (χ3v) is 7.25. The van der Waals surface area contributed by atoms with Crippen molar-refractivity contribution in [3.63, 3.8) is 0 Å². The smallest absolute Gasteiger partial charge is 0.422 e. The summed E-state index contributed by atoms with van der Waals surface area (Å²) in [5.74, 6) is -0.184. The summed E-state index contributed by atoms with van der Waals surface area (Å²) in [4.78, 5) is 15.7. The number of aromatic nitrogens is 3. The molecule has 0 spiro atoms. The Morgan fingerprint density at radius 1 is 0.917 bits per heavy atom. The van der Waals surface area contributed by atoms with Crippen LogP contribution in [0, 0.1) is 0 Å². The number of pyridine rings is 1. The molecule has 4 aromatic rings. The van der Waals surface area contributed by atoms with Gasteiger partial charge in [0.25, 0.3) is 0 Å². The number of fused-ring (bicyclic) bond motifs is 3. The van der Waals surface area contributed by atoms with Gasteiger partial charge in [-0.25, -0.2) is 0 Å². The molecular weight excluding hydrogens is 469 g/mol. The SMILES string of the molecule is FC(F)(F)COc1nc(OCC23CCCN2CCC3)nc2cc(-c3cccc4ccccc34)ncc12. The Balaban J connectivity index is 1.39. The molecule has 2 aromatic carbocycles. The van der Waals surface area contributed by atoms with E-state index in [9.17, 15) is 13.2 Å². The van der Waals surface area contributed by atoms with Crippen molar-refractivity contribution >= 4 is 21.7 Å². The number of nitrogens with zero attached hydrogens (tertiary/aromatic N) is 4. The minimum atomic E-state index is -4.50. The van der Waals surface area contributed by atoms with Crippen LogP contribution in [0.1, 0.15) is 25.7 Å². The van der Waals surface area contributed by atoms with Crippen LogP contribution in [-0.2, 0) is 0 Å². The van der Waals surface area contributed by atoms with Gasteiger partial charge in [-0.1, -0.05) is 42.5 Å². The van der Waals surface area contributed by atoms with Gasteiger partial charge in [0.15, 0.2) is 6.61 Å². The van der Waals surface area contributed by atoms with Crippen LogP contribution in [0.3, 0.4) is 0 Å². The standard InChI is InChI=1S/C27H25F3N4O2/c28-27(29,30)17-35-24-21-15-31-22(20-9-3-7-18-6-1-2-8-19(18)20)14-23(21)32-25(33-24)36-16-26-10-4-12-34(26)13-5-11-26/h1-3,6-9,14-15H,4-5,10-13,16-17H2. The maximum Gasteiger partial charge on any atom is 0.422 e. The van der Waals surface area contributed by atoms with Gasteiger partial charge < -0.3 is 9.47 Å². The van der Waals surface area contributed by atoms with E-state index >= 15 is 0 Å². The van der Waals surface area contributed by atoms with E-state index in [4.69, 9.17) is 9.47 Å². The fourth-order valence-electron chi connectivity index (χ4n) is 5.56. The number of hydrogen-bond acceptors (Lipinski definition) is 6. The molecular formula is C27H25F3N4O2. The molecule has 4 heterocycles. The second kappa shape index (κ2) is 8.89. The summed E-state index contributed by atoms with van der Waals surface area (Å²) in [6.45, 7) is 1.03. The van der Waals surface area contributed by atoms with E-state index < -0.39 is 12.8 Å². The fraction of sp³-hybridized carbons (Fsp3) is 0.370. The fourth-order valence-corrected chi connectivity index (χ4v) is 5.56. The molecule has 0 radical (unpaired) electrons. The number of benzene rings is 2. The number of alkyl halides is 3. The zero-order chi connectivity index (χ0) is 24.8. The topological polar surface area (TPSA) is 60.4 Å². The predicted molar refractivity (Wildman–Crippen MR) is 130 cm³/mol. The Morgan fingerprint density at radius 3 is 2.50 bits per heavy atom. The van der Waals surface area contributed by atoms with Gasteiger partial charge >= 0.3 is 12.2 Å². The molecule has 0 bridgehead atoms. The van der Waals surface area contributed by atoms with Crippen molar-refractivity contribution in [1.82, 2.24) is 19.9 Å². The van der Waals surface area contributed by atoms with Crippen molar-refractivity contribution in [2.75, 3.05) is 26.3 Å². The largest absolute Gasteiger partial charge is 0.467 e. The van der Waals surface area contributed by atoms with E-state index in [-0.39, 0.29) is 17.4 Å². The second-order valence-corrected chi connectivity index (χ2v) is 9.54. The highest BCUT2D eigenvalue weighted by atomic mass is 19.4. The van der Waals surface area contributed by atoms with Gasteiger partial charge in [0.1, 0.15) is 6.61 Å². The number of hydrogen-bond donors (Lipinski definition) is 0. The van der Waals surface area contributed by atoms with Crippen LogP contribution in [0.2, 0.25) is 0 Å². The summed E-state index contributed by atoms with van der Waals surface area (Å²) in [6.07, 6.45) is 1.27. The van der Waals surface area contributed by atoms with Gasteiger partial charge in [-0.3, -0.25) is 9.88 Å². The van der Waals surface area contributed by atoms with Crippen molar-refractivity contribution in [1.29, 1.82) is 0 Å². The van der Waals surface area contributed by atoms with Crippen molar-refractivity contribution in [2.45, 2.75) is 37.4 Å². The number of ether oxygens (including phenoxy) is 2. The quantitative estimate of drug-likeness (QED) is 0.338. The highest BCUT2D eigenvalue weighted by molar-refractivity contribution is 5.97. The van der Waals surface area contributed by atoms with Crippen LogP contribution in [-0.4, -0.2) is 57.9 Å². The molecule has 2 fully saturated rings. The molecule has 6 nitrogen and oxygen atoms in total. The molecule has 6 rings (SSSR count). The Kier molecular flexibility index (Phi) is 5.67. The predicted octanol–water partition coefficient (Wildman–Crippen LogP) is 5.79. The molecule has 0 amide bonds. The summed E-state index contributed by atoms with van der Waals surface area (Å²) in [5, 5.41) is 2.39. The van der Waals surface area contributed by atoms with Gasteiger partial charge in [-0.05, 0) is 55.6 Å². The molecule has 186 valence electrons. The van der Waals surface area contributed by atoms with Crippen LogP contribution < -0.4 is 9.47 Å². The lowest BCUT2D eigenvalue weighted by Crippen LogP contribution is -2.43. The van der Waals surface area contributed by atoms with Gasteiger partial charge in [0.2, 0.25) is 5.88 Å². The molecule has 0 aliphatic carbocycles. The summed E-state index contributed by atoms with van der Waals surface area (Å²) < 4.78 is 50.0. The minimum absolute atomic E-state index is 0.0165. The minimum Gasteiger partial charge on any atom is -0.467 e. The molecule has 0 saturated carbocycles.